The molecule has 3 aromatic carbocycles. The molecule has 0 radical (unpaired) electrons. The Morgan fingerprint density at radius 3 is 2.38 bits per heavy atom. The maximum atomic E-state index is 13.4. The van der Waals surface area contributed by atoms with Gasteiger partial charge in [-0.15, -0.1) is 11.3 Å². The molecule has 0 amide bonds. The second-order valence-electron chi connectivity index (χ2n) is 6.26. The van der Waals surface area contributed by atoms with Gasteiger partial charge in [-0.1, -0.05) is 42.5 Å². The van der Waals surface area contributed by atoms with Gasteiger partial charge in [0.05, 0.1) is 7.11 Å². The van der Waals surface area contributed by atoms with Crippen molar-refractivity contribution in [2.75, 3.05) is 7.11 Å². The van der Waals surface area contributed by atoms with Crippen LogP contribution in [0.1, 0.15) is 11.1 Å². The van der Waals surface area contributed by atoms with Gasteiger partial charge in [0.2, 0.25) is 0 Å². The molecule has 1 nitrogen and oxygen atoms in total. The standard InChI is InChI=1S/C23H19FOS/c1-25-19-12-14-20-21(13-7-16-5-3-2-4-6-16)23(26-22(20)15-19)17-8-10-18(24)11-9-17/h2-6,8-12,14-15H,7,13H2,1H3. The van der Waals surface area contributed by atoms with Crippen molar-refractivity contribution in [2.24, 2.45) is 0 Å². The average Bonchev–Trinajstić information content (AvgIpc) is 3.05. The van der Waals surface area contributed by atoms with E-state index in [0.717, 1.165) is 24.2 Å². The summed E-state index contributed by atoms with van der Waals surface area (Å²) in [6, 6.07) is 23.5. The molecular weight excluding hydrogens is 343 g/mol. The molecule has 0 N–H and O–H groups in total. The number of benzene rings is 3. The third-order valence-electron chi connectivity index (χ3n) is 4.61. The van der Waals surface area contributed by atoms with E-state index in [1.54, 1.807) is 18.4 Å². The van der Waals surface area contributed by atoms with Crippen molar-refractivity contribution in [3.05, 3.63) is 89.7 Å². The van der Waals surface area contributed by atoms with E-state index in [2.05, 4.69) is 36.4 Å². The molecule has 4 aromatic rings. The third kappa shape index (κ3) is 3.35. The first-order chi connectivity index (χ1) is 12.7. The van der Waals surface area contributed by atoms with E-state index in [4.69, 9.17) is 4.74 Å². The smallest absolute Gasteiger partial charge is 0.123 e. The van der Waals surface area contributed by atoms with Gasteiger partial charge >= 0.3 is 0 Å². The second kappa shape index (κ2) is 7.30. The minimum atomic E-state index is -0.206. The maximum Gasteiger partial charge on any atom is 0.123 e. The van der Waals surface area contributed by atoms with E-state index in [-0.39, 0.29) is 5.82 Å². The first-order valence-electron chi connectivity index (χ1n) is 8.64. The fourth-order valence-corrected chi connectivity index (χ4v) is 4.54. The monoisotopic (exact) mass is 362 g/mol. The van der Waals surface area contributed by atoms with Crippen molar-refractivity contribution in [1.82, 2.24) is 0 Å². The molecule has 0 aliphatic rings. The van der Waals surface area contributed by atoms with E-state index >= 15 is 0 Å². The van der Waals surface area contributed by atoms with Gasteiger partial charge in [0.1, 0.15) is 11.6 Å². The van der Waals surface area contributed by atoms with Crippen molar-refractivity contribution >= 4 is 21.4 Å². The predicted molar refractivity (Wildman–Crippen MR) is 108 cm³/mol. The number of thiophene rings is 1. The van der Waals surface area contributed by atoms with Crippen LogP contribution in [-0.4, -0.2) is 7.11 Å². The van der Waals surface area contributed by atoms with E-state index in [1.807, 2.05) is 24.3 Å². The number of rotatable bonds is 5. The lowest BCUT2D eigenvalue weighted by molar-refractivity contribution is 0.415. The molecule has 0 saturated carbocycles. The number of hydrogen-bond acceptors (Lipinski definition) is 2. The molecule has 0 aliphatic heterocycles. The fourth-order valence-electron chi connectivity index (χ4n) is 3.25. The Morgan fingerprint density at radius 2 is 1.65 bits per heavy atom. The lowest BCUT2D eigenvalue weighted by Gasteiger charge is -2.06. The Balaban J connectivity index is 1.79. The van der Waals surface area contributed by atoms with Gasteiger partial charge in [-0.2, -0.15) is 0 Å². The van der Waals surface area contributed by atoms with Crippen molar-refractivity contribution in [1.29, 1.82) is 0 Å². The molecule has 4 rings (SSSR count). The van der Waals surface area contributed by atoms with Gasteiger partial charge < -0.3 is 4.74 Å². The van der Waals surface area contributed by atoms with Crippen molar-refractivity contribution in [3.63, 3.8) is 0 Å². The summed E-state index contributed by atoms with van der Waals surface area (Å²) in [7, 11) is 1.69. The number of halogens is 1. The molecule has 0 bridgehead atoms. The highest BCUT2D eigenvalue weighted by atomic mass is 32.1. The highest BCUT2D eigenvalue weighted by Gasteiger charge is 2.15. The number of fused-ring (bicyclic) bond motifs is 1. The Bertz CT molecular complexity index is 1020. The molecule has 130 valence electrons. The SMILES string of the molecule is COc1ccc2c(CCc3ccccc3)c(-c3ccc(F)cc3)sc2c1. The van der Waals surface area contributed by atoms with Gasteiger partial charge in [0, 0.05) is 9.58 Å². The summed E-state index contributed by atoms with van der Waals surface area (Å²) in [5.41, 5.74) is 3.71. The Kier molecular flexibility index (Phi) is 4.72. The Hall–Kier alpha value is -2.65. The maximum absolute atomic E-state index is 13.4. The van der Waals surface area contributed by atoms with Crippen molar-refractivity contribution in [2.45, 2.75) is 12.8 Å². The molecule has 26 heavy (non-hydrogen) atoms. The largest absolute Gasteiger partial charge is 0.497 e. The summed E-state index contributed by atoms with van der Waals surface area (Å²) < 4.78 is 19.9. The summed E-state index contributed by atoms with van der Waals surface area (Å²) in [5, 5.41) is 1.26. The molecule has 0 unspecified atom stereocenters. The summed E-state index contributed by atoms with van der Waals surface area (Å²) >= 11 is 1.75. The topological polar surface area (TPSA) is 9.23 Å². The highest BCUT2D eigenvalue weighted by Crippen LogP contribution is 2.40. The van der Waals surface area contributed by atoms with Crippen LogP contribution in [0.5, 0.6) is 5.75 Å². The summed E-state index contributed by atoms with van der Waals surface area (Å²) in [4.78, 5) is 1.21. The normalized spacial score (nSPS) is 11.0. The highest BCUT2D eigenvalue weighted by molar-refractivity contribution is 7.22. The molecule has 0 saturated heterocycles. The zero-order chi connectivity index (χ0) is 17.9. The van der Waals surface area contributed by atoms with Crippen LogP contribution < -0.4 is 4.74 Å². The zero-order valence-electron chi connectivity index (χ0n) is 14.5. The third-order valence-corrected chi connectivity index (χ3v) is 5.86. The average molecular weight is 362 g/mol. The van der Waals surface area contributed by atoms with Crippen LogP contribution in [0.2, 0.25) is 0 Å². The van der Waals surface area contributed by atoms with Gasteiger partial charge in [-0.3, -0.25) is 0 Å². The second-order valence-corrected chi connectivity index (χ2v) is 7.32. The summed E-state index contributed by atoms with van der Waals surface area (Å²) in [6.07, 6.45) is 1.93. The van der Waals surface area contributed by atoms with Crippen LogP contribution in [0.3, 0.4) is 0 Å². The molecule has 0 atom stereocenters. The van der Waals surface area contributed by atoms with Gasteiger partial charge in [0.25, 0.3) is 0 Å². The number of methoxy groups -OCH3 is 1. The van der Waals surface area contributed by atoms with Crippen LogP contribution in [-0.2, 0) is 12.8 Å². The molecule has 1 aromatic heterocycles. The van der Waals surface area contributed by atoms with Gasteiger partial charge in [-0.05, 0) is 65.3 Å². The van der Waals surface area contributed by atoms with E-state index < -0.39 is 0 Å². The van der Waals surface area contributed by atoms with Crippen LogP contribution >= 0.6 is 11.3 Å². The lowest BCUT2D eigenvalue weighted by atomic mass is 9.99. The van der Waals surface area contributed by atoms with E-state index in [1.165, 1.54) is 38.2 Å². The molecule has 1 heterocycles. The summed E-state index contributed by atoms with van der Waals surface area (Å²) in [6.45, 7) is 0. The molecule has 3 heteroatoms. The van der Waals surface area contributed by atoms with Gasteiger partial charge in [0.15, 0.2) is 0 Å². The first-order valence-corrected chi connectivity index (χ1v) is 9.45. The van der Waals surface area contributed by atoms with Crippen LogP contribution in [0, 0.1) is 5.82 Å². The van der Waals surface area contributed by atoms with Crippen molar-refractivity contribution < 1.29 is 9.13 Å². The number of ether oxygens (including phenoxy) is 1. The Labute approximate surface area is 156 Å². The van der Waals surface area contributed by atoms with Crippen LogP contribution in [0.15, 0.2) is 72.8 Å². The Morgan fingerprint density at radius 1 is 0.885 bits per heavy atom. The number of aryl methyl sites for hydroxylation is 2. The number of hydrogen-bond donors (Lipinski definition) is 0. The van der Waals surface area contributed by atoms with E-state index in [0.29, 0.717) is 0 Å². The van der Waals surface area contributed by atoms with E-state index in [9.17, 15) is 4.39 Å². The van der Waals surface area contributed by atoms with Crippen LogP contribution in [0.25, 0.3) is 20.5 Å². The minimum absolute atomic E-state index is 0.206. The molecule has 0 spiro atoms. The zero-order valence-corrected chi connectivity index (χ0v) is 15.4. The fraction of sp³-hybridized carbons (Fsp3) is 0.130. The molecular formula is C23H19FOS. The van der Waals surface area contributed by atoms with Crippen molar-refractivity contribution in [3.8, 4) is 16.2 Å². The summed E-state index contributed by atoms with van der Waals surface area (Å²) in [5.74, 6) is 0.654. The predicted octanol–water partition coefficient (Wildman–Crippen LogP) is 6.50. The van der Waals surface area contributed by atoms with Gasteiger partial charge in [-0.25, -0.2) is 4.39 Å². The molecule has 0 aliphatic carbocycles. The molecule has 0 fully saturated rings. The quantitative estimate of drug-likeness (QED) is 0.394. The minimum Gasteiger partial charge on any atom is -0.497 e. The lowest BCUT2D eigenvalue weighted by Crippen LogP contribution is -1.92. The van der Waals surface area contributed by atoms with Crippen LogP contribution in [0.4, 0.5) is 4.39 Å². The first kappa shape index (κ1) is 16.8.